The van der Waals surface area contributed by atoms with Crippen LogP contribution in [0.4, 0.5) is 0 Å². The van der Waals surface area contributed by atoms with Crippen molar-refractivity contribution in [1.29, 1.82) is 0 Å². The molecule has 2 aromatic heterocycles. The van der Waals surface area contributed by atoms with Crippen LogP contribution in [-0.4, -0.2) is 9.55 Å². The van der Waals surface area contributed by atoms with Crippen molar-refractivity contribution in [2.24, 2.45) is 7.05 Å². The number of imidazole rings is 1. The third-order valence-corrected chi connectivity index (χ3v) is 8.09. The third-order valence-electron chi connectivity index (χ3n) is 7.02. The SMILES string of the molecule is Cc1ccc2sc(-c3ccccc3)nc2c1-c1n(-c2ccc(C(C)(C)C)cc2)c2ccccc2[n+]1C. The molecule has 0 saturated heterocycles. The summed E-state index contributed by atoms with van der Waals surface area (Å²) in [5.41, 5.74) is 9.61. The Hall–Kier alpha value is -3.76. The Kier molecular flexibility index (Phi) is 5.31. The third kappa shape index (κ3) is 3.64. The van der Waals surface area contributed by atoms with Crippen molar-refractivity contribution < 1.29 is 4.57 Å². The number of thiazole rings is 1. The molecular weight excluding hydrogens is 458 g/mol. The molecule has 0 atom stereocenters. The minimum absolute atomic E-state index is 0.113. The van der Waals surface area contributed by atoms with Crippen LogP contribution in [0.2, 0.25) is 0 Å². The molecule has 0 aliphatic heterocycles. The van der Waals surface area contributed by atoms with Crippen molar-refractivity contribution in [3.8, 4) is 27.6 Å². The normalized spacial score (nSPS) is 12.0. The lowest BCUT2D eigenvalue weighted by Gasteiger charge is -2.18. The maximum atomic E-state index is 5.20. The zero-order chi connectivity index (χ0) is 25.0. The number of para-hydroxylation sites is 2. The van der Waals surface area contributed by atoms with Crippen LogP contribution in [0.3, 0.4) is 0 Å². The van der Waals surface area contributed by atoms with Gasteiger partial charge in [-0.3, -0.25) is 0 Å². The van der Waals surface area contributed by atoms with Crippen molar-refractivity contribution in [3.63, 3.8) is 0 Å². The highest BCUT2D eigenvalue weighted by atomic mass is 32.1. The summed E-state index contributed by atoms with van der Waals surface area (Å²) in [5, 5.41) is 1.05. The largest absolute Gasteiger partial charge is 0.297 e. The summed E-state index contributed by atoms with van der Waals surface area (Å²) < 4.78 is 5.91. The average Bonchev–Trinajstić information content (AvgIpc) is 3.44. The van der Waals surface area contributed by atoms with Crippen LogP contribution in [0.15, 0.2) is 91.0 Å². The summed E-state index contributed by atoms with van der Waals surface area (Å²) in [6.07, 6.45) is 0. The van der Waals surface area contributed by atoms with E-state index in [0.717, 1.165) is 27.6 Å². The van der Waals surface area contributed by atoms with Gasteiger partial charge < -0.3 is 0 Å². The summed E-state index contributed by atoms with van der Waals surface area (Å²) in [6, 6.07) is 32.6. The van der Waals surface area contributed by atoms with Gasteiger partial charge in [0.2, 0.25) is 0 Å². The van der Waals surface area contributed by atoms with Gasteiger partial charge in [-0.15, -0.1) is 11.3 Å². The molecule has 6 aromatic rings. The lowest BCUT2D eigenvalue weighted by molar-refractivity contribution is -0.633. The quantitative estimate of drug-likeness (QED) is 0.231. The van der Waals surface area contributed by atoms with E-state index in [2.05, 4.69) is 135 Å². The maximum absolute atomic E-state index is 5.20. The van der Waals surface area contributed by atoms with Crippen LogP contribution in [-0.2, 0) is 12.5 Å². The summed E-state index contributed by atoms with van der Waals surface area (Å²) in [7, 11) is 2.17. The van der Waals surface area contributed by atoms with Gasteiger partial charge in [-0.2, -0.15) is 4.57 Å². The molecule has 0 amide bonds. The predicted molar refractivity (Wildman–Crippen MR) is 152 cm³/mol. The zero-order valence-corrected chi connectivity index (χ0v) is 22.2. The van der Waals surface area contributed by atoms with Gasteiger partial charge in [-0.1, -0.05) is 81.4 Å². The van der Waals surface area contributed by atoms with E-state index in [9.17, 15) is 0 Å². The Morgan fingerprint density at radius 1 is 0.806 bits per heavy atom. The molecule has 0 radical (unpaired) electrons. The van der Waals surface area contributed by atoms with E-state index >= 15 is 0 Å². The number of rotatable bonds is 3. The summed E-state index contributed by atoms with van der Waals surface area (Å²) >= 11 is 1.76. The molecule has 0 bridgehead atoms. The molecule has 0 fully saturated rings. The Labute approximate surface area is 216 Å². The van der Waals surface area contributed by atoms with Gasteiger partial charge in [-0.25, -0.2) is 9.55 Å². The van der Waals surface area contributed by atoms with Crippen LogP contribution >= 0.6 is 11.3 Å². The number of benzene rings is 4. The number of hydrogen-bond acceptors (Lipinski definition) is 2. The minimum atomic E-state index is 0.113. The van der Waals surface area contributed by atoms with Gasteiger partial charge in [0.25, 0.3) is 5.82 Å². The van der Waals surface area contributed by atoms with Crippen LogP contribution in [0, 0.1) is 6.92 Å². The number of fused-ring (bicyclic) bond motifs is 2. The van der Waals surface area contributed by atoms with Gasteiger partial charge in [0.05, 0.1) is 22.8 Å². The Morgan fingerprint density at radius 3 is 2.22 bits per heavy atom. The second-order valence-electron chi connectivity index (χ2n) is 10.5. The Morgan fingerprint density at radius 2 is 1.50 bits per heavy atom. The van der Waals surface area contributed by atoms with Gasteiger partial charge in [0.1, 0.15) is 10.7 Å². The van der Waals surface area contributed by atoms with Crippen LogP contribution < -0.4 is 4.57 Å². The van der Waals surface area contributed by atoms with E-state index in [0.29, 0.717) is 0 Å². The molecular formula is C32H30N3S+. The van der Waals surface area contributed by atoms with Crippen molar-refractivity contribution >= 4 is 32.6 Å². The van der Waals surface area contributed by atoms with Crippen molar-refractivity contribution in [2.75, 3.05) is 0 Å². The molecule has 178 valence electrons. The first-order valence-electron chi connectivity index (χ1n) is 12.4. The second kappa shape index (κ2) is 8.42. The molecule has 3 nitrogen and oxygen atoms in total. The van der Waals surface area contributed by atoms with Crippen molar-refractivity contribution in [2.45, 2.75) is 33.1 Å². The Balaban J connectivity index is 1.66. The van der Waals surface area contributed by atoms with Crippen LogP contribution in [0.1, 0.15) is 31.9 Å². The van der Waals surface area contributed by atoms with Gasteiger partial charge in [0, 0.05) is 5.56 Å². The van der Waals surface area contributed by atoms with Gasteiger partial charge in [-0.05, 0) is 53.8 Å². The molecule has 4 heteroatoms. The van der Waals surface area contributed by atoms with Crippen molar-refractivity contribution in [3.05, 3.63) is 102 Å². The van der Waals surface area contributed by atoms with E-state index < -0.39 is 0 Å². The smallest absolute Gasteiger partial charge is 0.235 e. The first-order valence-corrected chi connectivity index (χ1v) is 13.2. The first-order chi connectivity index (χ1) is 17.3. The average molecular weight is 489 g/mol. The highest BCUT2D eigenvalue weighted by Gasteiger charge is 2.30. The van der Waals surface area contributed by atoms with Crippen LogP contribution in [0.5, 0.6) is 0 Å². The maximum Gasteiger partial charge on any atom is 0.297 e. The van der Waals surface area contributed by atoms with E-state index in [1.807, 2.05) is 0 Å². The molecule has 0 aliphatic carbocycles. The standard InChI is InChI=1S/C32H30N3S/c1-21-15-20-27-29(33-30(36-27)22-11-7-6-8-12-22)28(21)31-34(5)25-13-9-10-14-26(25)35(31)24-18-16-23(17-19-24)32(2,3)4/h6-20H,1-5H3/q+1. The fraction of sp³-hybridized carbons (Fsp3) is 0.188. The highest BCUT2D eigenvalue weighted by molar-refractivity contribution is 7.21. The molecule has 0 unspecified atom stereocenters. The fourth-order valence-corrected chi connectivity index (χ4v) is 6.03. The molecule has 4 aromatic carbocycles. The number of nitrogens with zero attached hydrogens (tertiary/aromatic N) is 3. The number of hydrogen-bond donors (Lipinski definition) is 0. The van der Waals surface area contributed by atoms with E-state index in [4.69, 9.17) is 4.98 Å². The number of aryl methyl sites for hydroxylation is 2. The molecule has 0 spiro atoms. The molecule has 0 N–H and O–H groups in total. The van der Waals surface area contributed by atoms with Gasteiger partial charge in [0.15, 0.2) is 11.0 Å². The van der Waals surface area contributed by atoms with E-state index in [1.54, 1.807) is 11.3 Å². The second-order valence-corrected chi connectivity index (χ2v) is 11.5. The molecule has 2 heterocycles. The lowest BCUT2D eigenvalue weighted by Crippen LogP contribution is -2.30. The topological polar surface area (TPSA) is 21.7 Å². The van der Waals surface area contributed by atoms with Gasteiger partial charge >= 0.3 is 0 Å². The summed E-state index contributed by atoms with van der Waals surface area (Å²) in [4.78, 5) is 5.20. The fourth-order valence-electron chi connectivity index (χ4n) is 5.05. The molecule has 0 saturated carbocycles. The number of aromatic nitrogens is 3. The molecule has 6 rings (SSSR count). The van der Waals surface area contributed by atoms with E-state index in [1.165, 1.54) is 32.4 Å². The lowest BCUT2D eigenvalue weighted by atomic mass is 9.87. The summed E-state index contributed by atoms with van der Waals surface area (Å²) in [6.45, 7) is 8.97. The minimum Gasteiger partial charge on any atom is -0.235 e. The first kappa shape index (κ1) is 22.7. The van der Waals surface area contributed by atoms with Crippen LogP contribution in [0.25, 0.3) is 48.9 Å². The molecule has 0 aliphatic rings. The highest BCUT2D eigenvalue weighted by Crippen LogP contribution is 2.39. The summed E-state index contributed by atoms with van der Waals surface area (Å²) in [5.74, 6) is 1.15. The zero-order valence-electron chi connectivity index (χ0n) is 21.4. The predicted octanol–water partition coefficient (Wildman–Crippen LogP) is 8.00. The monoisotopic (exact) mass is 488 g/mol. The Bertz CT molecular complexity index is 1720. The molecule has 36 heavy (non-hydrogen) atoms. The van der Waals surface area contributed by atoms with E-state index in [-0.39, 0.29) is 5.41 Å². The van der Waals surface area contributed by atoms with Crippen molar-refractivity contribution in [1.82, 2.24) is 9.55 Å².